The van der Waals surface area contributed by atoms with Crippen molar-refractivity contribution in [1.29, 1.82) is 0 Å². The molecule has 0 fully saturated rings. The highest BCUT2D eigenvalue weighted by Gasteiger charge is 2.28. The van der Waals surface area contributed by atoms with Gasteiger partial charge in [-0.15, -0.1) is 0 Å². The van der Waals surface area contributed by atoms with E-state index in [9.17, 15) is 9.79 Å². The van der Waals surface area contributed by atoms with E-state index in [1.807, 2.05) is 10.8 Å². The van der Waals surface area contributed by atoms with Crippen LogP contribution in [0.25, 0.3) is 0 Å². The summed E-state index contributed by atoms with van der Waals surface area (Å²) in [6.07, 6.45) is 14.0. The van der Waals surface area contributed by atoms with Crippen LogP contribution in [0.15, 0.2) is 31.4 Å². The van der Waals surface area contributed by atoms with E-state index in [-0.39, 0.29) is 6.16 Å². The molecular formula is C14H26N2O3P+. The Labute approximate surface area is 122 Å². The van der Waals surface area contributed by atoms with Gasteiger partial charge in [-0.25, -0.2) is 9.46 Å². The van der Waals surface area contributed by atoms with Crippen LogP contribution in [0.2, 0.25) is 0 Å². The molecule has 0 saturated carbocycles. The van der Waals surface area contributed by atoms with Gasteiger partial charge >= 0.3 is 7.94 Å². The van der Waals surface area contributed by atoms with Gasteiger partial charge in [-0.3, -0.25) is 0 Å². The van der Waals surface area contributed by atoms with Gasteiger partial charge < -0.3 is 4.89 Å². The lowest BCUT2D eigenvalue weighted by Gasteiger charge is -2.15. The monoisotopic (exact) mass is 301 g/mol. The first-order chi connectivity index (χ1) is 9.57. The zero-order chi connectivity index (χ0) is 14.8. The molecule has 1 heterocycles. The van der Waals surface area contributed by atoms with E-state index in [4.69, 9.17) is 4.62 Å². The summed E-state index contributed by atoms with van der Waals surface area (Å²) >= 11 is 0. The van der Waals surface area contributed by atoms with Crippen molar-refractivity contribution in [2.45, 2.75) is 52.0 Å². The number of hydrogen-bond donors (Lipinski definition) is 1. The van der Waals surface area contributed by atoms with Gasteiger partial charge in [0.25, 0.3) is 6.33 Å². The minimum absolute atomic E-state index is 0.0530. The first kappa shape index (κ1) is 17.2. The Morgan fingerprint density at radius 1 is 1.35 bits per heavy atom. The van der Waals surface area contributed by atoms with Crippen LogP contribution < -0.4 is 14.1 Å². The van der Waals surface area contributed by atoms with Crippen molar-refractivity contribution in [1.82, 2.24) is 4.73 Å². The standard InChI is InChI=1S/C14H25N2O3P/c1-3-5-6-7-8-9-10-15-11-12-16(14-15)19-20(17,18)13-4-2/h4,11-12,14H,2-3,5-10,13H2,1H3/p+1. The van der Waals surface area contributed by atoms with Crippen molar-refractivity contribution in [2.75, 3.05) is 6.16 Å². The first-order valence-electron chi connectivity index (χ1n) is 7.27. The van der Waals surface area contributed by atoms with E-state index in [1.54, 1.807) is 12.5 Å². The molecule has 0 spiro atoms. The Hall–Kier alpha value is -0.900. The number of hydrogen-bond acceptors (Lipinski definition) is 3. The van der Waals surface area contributed by atoms with Crippen molar-refractivity contribution in [3.05, 3.63) is 31.4 Å². The Bertz CT molecular complexity index is 394. The van der Waals surface area contributed by atoms with Gasteiger partial charge in [0.15, 0.2) is 6.20 Å². The van der Waals surface area contributed by atoms with E-state index in [2.05, 4.69) is 13.5 Å². The maximum Gasteiger partial charge on any atom is 0.343 e. The molecule has 1 aromatic heterocycles. The summed E-state index contributed by atoms with van der Waals surface area (Å²) in [6, 6.07) is 0. The van der Waals surface area contributed by atoms with Gasteiger partial charge in [0.2, 0.25) is 0 Å². The topological polar surface area (TPSA) is 61.3 Å². The summed E-state index contributed by atoms with van der Waals surface area (Å²) in [4.78, 5) is 21.1. The smallest absolute Gasteiger partial charge is 0.343 e. The van der Waals surface area contributed by atoms with Crippen LogP contribution in [0.1, 0.15) is 45.4 Å². The largest absolute Gasteiger partial charge is 0.620 e. The Kier molecular flexibility index (Phi) is 7.82. The highest BCUT2D eigenvalue weighted by Crippen LogP contribution is 2.41. The summed E-state index contributed by atoms with van der Waals surface area (Å²) < 4.78 is 8.28. The summed E-state index contributed by atoms with van der Waals surface area (Å²) in [5, 5.41) is 0. The summed E-state index contributed by atoms with van der Waals surface area (Å²) in [5.41, 5.74) is 0. The van der Waals surface area contributed by atoms with Crippen LogP contribution in [0.5, 0.6) is 0 Å². The zero-order valence-electron chi connectivity index (χ0n) is 12.3. The Balaban J connectivity index is 2.27. The number of rotatable bonds is 11. The van der Waals surface area contributed by atoms with E-state index >= 15 is 0 Å². The lowest BCUT2D eigenvalue weighted by Crippen LogP contribution is -2.32. The molecule has 1 N–H and O–H groups in total. The minimum Gasteiger partial charge on any atom is -0.620 e. The Morgan fingerprint density at radius 2 is 2.05 bits per heavy atom. The normalized spacial score (nSPS) is 13.9. The number of aryl methyl sites for hydroxylation is 1. The molecule has 5 nitrogen and oxygen atoms in total. The van der Waals surface area contributed by atoms with E-state index in [0.29, 0.717) is 0 Å². The number of allylic oxidation sites excluding steroid dienone is 1. The molecule has 0 aliphatic carbocycles. The molecule has 20 heavy (non-hydrogen) atoms. The predicted octanol–water partition coefficient (Wildman–Crippen LogP) is 1.87. The van der Waals surface area contributed by atoms with E-state index in [1.165, 1.54) is 42.9 Å². The molecular weight excluding hydrogens is 275 g/mol. The quantitative estimate of drug-likeness (QED) is 0.294. The second-order valence-corrected chi connectivity index (χ2v) is 6.77. The van der Waals surface area contributed by atoms with Crippen LogP contribution in [0, 0.1) is 0 Å². The van der Waals surface area contributed by atoms with Gasteiger partial charge in [0.1, 0.15) is 12.4 Å². The van der Waals surface area contributed by atoms with Crippen LogP contribution in [0.4, 0.5) is 0 Å². The van der Waals surface area contributed by atoms with Crippen LogP contribution in [0.3, 0.4) is 0 Å². The number of aromatic nitrogens is 2. The third-order valence-corrected chi connectivity index (χ3v) is 4.18. The molecule has 1 aromatic rings. The molecule has 0 amide bonds. The van der Waals surface area contributed by atoms with Crippen LogP contribution in [-0.4, -0.2) is 15.8 Å². The lowest BCUT2D eigenvalue weighted by molar-refractivity contribution is -0.697. The first-order valence-corrected chi connectivity index (χ1v) is 9.03. The summed E-state index contributed by atoms with van der Waals surface area (Å²) in [7, 11) is -3.61. The minimum atomic E-state index is -3.61. The van der Waals surface area contributed by atoms with Crippen molar-refractivity contribution in [3.8, 4) is 0 Å². The fraction of sp³-hybridized carbons (Fsp3) is 0.643. The highest BCUT2D eigenvalue weighted by molar-refractivity contribution is 7.58. The molecule has 0 aliphatic rings. The molecule has 0 radical (unpaired) electrons. The maximum atomic E-state index is 11.6. The fourth-order valence-electron chi connectivity index (χ4n) is 1.97. The van der Waals surface area contributed by atoms with Crippen LogP contribution >= 0.6 is 7.94 Å². The fourth-order valence-corrected chi connectivity index (χ4v) is 2.76. The van der Waals surface area contributed by atoms with E-state index in [0.717, 1.165) is 13.0 Å². The van der Waals surface area contributed by atoms with Crippen molar-refractivity contribution >= 4 is 7.94 Å². The van der Waals surface area contributed by atoms with Crippen molar-refractivity contribution in [3.63, 3.8) is 0 Å². The molecule has 1 atom stereocenters. The molecule has 1 rings (SSSR count). The number of imidazole rings is 1. The molecule has 114 valence electrons. The van der Waals surface area contributed by atoms with E-state index < -0.39 is 7.94 Å². The second-order valence-electron chi connectivity index (χ2n) is 4.97. The SMILES string of the molecule is C=CC[P+]([O-])(O)On1cc[n+](CCCCCCCC)c1. The van der Waals surface area contributed by atoms with Gasteiger partial charge in [-0.2, -0.15) is 4.62 Å². The molecule has 6 heteroatoms. The zero-order valence-corrected chi connectivity index (χ0v) is 13.2. The third kappa shape index (κ3) is 7.04. The molecule has 0 bridgehead atoms. The van der Waals surface area contributed by atoms with Crippen molar-refractivity contribution in [2.24, 2.45) is 0 Å². The van der Waals surface area contributed by atoms with Crippen LogP contribution in [-0.2, 0) is 6.54 Å². The Morgan fingerprint density at radius 3 is 2.75 bits per heavy atom. The maximum absolute atomic E-state index is 11.6. The highest BCUT2D eigenvalue weighted by atomic mass is 31.2. The molecule has 0 aromatic carbocycles. The second kappa shape index (κ2) is 9.11. The number of unbranched alkanes of at least 4 members (excludes halogenated alkanes) is 5. The van der Waals surface area contributed by atoms with Gasteiger partial charge in [-0.1, -0.05) is 39.2 Å². The molecule has 1 unspecified atom stereocenters. The average molecular weight is 301 g/mol. The van der Waals surface area contributed by atoms with Crippen molar-refractivity contribution < 1.29 is 19.0 Å². The summed E-state index contributed by atoms with van der Waals surface area (Å²) in [6.45, 7) is 6.55. The van der Waals surface area contributed by atoms with Gasteiger partial charge in [0.05, 0.1) is 6.54 Å². The third-order valence-electron chi connectivity index (χ3n) is 3.02. The predicted molar refractivity (Wildman–Crippen MR) is 78.8 cm³/mol. The summed E-state index contributed by atoms with van der Waals surface area (Å²) in [5.74, 6) is 0. The molecule has 0 aliphatic heterocycles. The lowest BCUT2D eigenvalue weighted by atomic mass is 10.1. The van der Waals surface area contributed by atoms with Gasteiger partial charge in [0, 0.05) is 0 Å². The van der Waals surface area contributed by atoms with Gasteiger partial charge in [-0.05, 0) is 23.6 Å². The molecule has 0 saturated heterocycles. The average Bonchev–Trinajstić information content (AvgIpc) is 2.80. The number of nitrogens with zero attached hydrogens (tertiary/aromatic N) is 2.